The summed E-state index contributed by atoms with van der Waals surface area (Å²) < 4.78 is 28.7. The Balaban J connectivity index is 2.68. The Kier molecular flexibility index (Phi) is 6.18. The first kappa shape index (κ1) is 15.9. The highest BCUT2D eigenvalue weighted by Crippen LogP contribution is 2.21. The van der Waals surface area contributed by atoms with Gasteiger partial charge in [0.1, 0.15) is 5.75 Å². The van der Waals surface area contributed by atoms with Gasteiger partial charge in [0.15, 0.2) is 0 Å². The van der Waals surface area contributed by atoms with Gasteiger partial charge < -0.3 is 15.2 Å². The normalized spacial score (nSPS) is 16.2. The SMILES string of the molecule is CC(NC(C)C(C)CO)c1cccc(OC(F)F)c1. The van der Waals surface area contributed by atoms with Crippen molar-refractivity contribution in [2.45, 2.75) is 39.5 Å². The predicted molar refractivity (Wildman–Crippen MR) is 70.3 cm³/mol. The van der Waals surface area contributed by atoms with Crippen molar-refractivity contribution in [3.05, 3.63) is 29.8 Å². The van der Waals surface area contributed by atoms with Crippen molar-refractivity contribution in [1.82, 2.24) is 5.32 Å². The third-order valence-electron chi connectivity index (χ3n) is 3.24. The van der Waals surface area contributed by atoms with Crippen LogP contribution in [-0.4, -0.2) is 24.4 Å². The first-order chi connectivity index (χ1) is 8.93. The molecule has 1 rings (SSSR count). The van der Waals surface area contributed by atoms with Crippen molar-refractivity contribution >= 4 is 0 Å². The topological polar surface area (TPSA) is 41.5 Å². The minimum atomic E-state index is -2.81. The van der Waals surface area contributed by atoms with E-state index in [2.05, 4.69) is 10.1 Å². The van der Waals surface area contributed by atoms with Crippen LogP contribution in [0.15, 0.2) is 24.3 Å². The summed E-state index contributed by atoms with van der Waals surface area (Å²) in [7, 11) is 0. The maximum atomic E-state index is 12.1. The first-order valence-corrected chi connectivity index (χ1v) is 6.35. The summed E-state index contributed by atoms with van der Waals surface area (Å²) in [6, 6.07) is 6.75. The van der Waals surface area contributed by atoms with Crippen LogP contribution in [0.5, 0.6) is 5.75 Å². The van der Waals surface area contributed by atoms with Crippen molar-refractivity contribution in [3.63, 3.8) is 0 Å². The standard InChI is InChI=1S/C14H21F2NO2/c1-9(8-18)10(2)17-11(3)12-5-4-6-13(7-12)19-14(15)16/h4-7,9-11,14,17-18H,8H2,1-3H3. The number of ether oxygens (including phenoxy) is 1. The van der Waals surface area contributed by atoms with E-state index in [1.165, 1.54) is 6.07 Å². The fraction of sp³-hybridized carbons (Fsp3) is 0.571. The lowest BCUT2D eigenvalue weighted by atomic mass is 10.0. The number of hydrogen-bond acceptors (Lipinski definition) is 3. The summed E-state index contributed by atoms with van der Waals surface area (Å²) >= 11 is 0. The quantitative estimate of drug-likeness (QED) is 0.802. The van der Waals surface area contributed by atoms with E-state index in [0.29, 0.717) is 0 Å². The van der Waals surface area contributed by atoms with E-state index in [1.807, 2.05) is 26.8 Å². The Morgan fingerprint density at radius 3 is 2.53 bits per heavy atom. The van der Waals surface area contributed by atoms with Gasteiger partial charge in [0.2, 0.25) is 0 Å². The van der Waals surface area contributed by atoms with Crippen LogP contribution in [0.3, 0.4) is 0 Å². The molecule has 0 aliphatic heterocycles. The first-order valence-electron chi connectivity index (χ1n) is 6.35. The highest BCUT2D eigenvalue weighted by molar-refractivity contribution is 5.30. The molecule has 0 radical (unpaired) electrons. The van der Waals surface area contributed by atoms with Gasteiger partial charge in [-0.2, -0.15) is 8.78 Å². The van der Waals surface area contributed by atoms with Crippen molar-refractivity contribution in [2.24, 2.45) is 5.92 Å². The molecule has 0 fully saturated rings. The lowest BCUT2D eigenvalue weighted by Crippen LogP contribution is -2.35. The van der Waals surface area contributed by atoms with Gasteiger partial charge in [-0.3, -0.25) is 0 Å². The van der Waals surface area contributed by atoms with Crippen LogP contribution in [0.1, 0.15) is 32.4 Å². The molecule has 0 aromatic heterocycles. The Morgan fingerprint density at radius 2 is 1.95 bits per heavy atom. The monoisotopic (exact) mass is 273 g/mol. The molecular formula is C14H21F2NO2. The zero-order chi connectivity index (χ0) is 14.4. The highest BCUT2D eigenvalue weighted by Gasteiger charge is 2.15. The number of benzene rings is 1. The largest absolute Gasteiger partial charge is 0.435 e. The maximum Gasteiger partial charge on any atom is 0.387 e. The fourth-order valence-electron chi connectivity index (χ4n) is 1.77. The van der Waals surface area contributed by atoms with E-state index in [1.54, 1.807) is 12.1 Å². The number of nitrogens with one attached hydrogen (secondary N) is 1. The van der Waals surface area contributed by atoms with Crippen molar-refractivity contribution in [1.29, 1.82) is 0 Å². The Morgan fingerprint density at radius 1 is 1.26 bits per heavy atom. The summed E-state index contributed by atoms with van der Waals surface area (Å²) in [4.78, 5) is 0. The molecule has 3 unspecified atom stereocenters. The molecule has 3 atom stereocenters. The van der Waals surface area contributed by atoms with Crippen molar-refractivity contribution < 1.29 is 18.6 Å². The van der Waals surface area contributed by atoms with Crippen LogP contribution in [0.2, 0.25) is 0 Å². The van der Waals surface area contributed by atoms with Gasteiger partial charge in [-0.1, -0.05) is 19.1 Å². The molecule has 0 saturated carbocycles. The predicted octanol–water partition coefficient (Wildman–Crippen LogP) is 2.96. The van der Waals surface area contributed by atoms with Gasteiger partial charge in [-0.25, -0.2) is 0 Å². The number of rotatable bonds is 7. The van der Waals surface area contributed by atoms with E-state index in [0.717, 1.165) is 5.56 Å². The maximum absolute atomic E-state index is 12.1. The Labute approximate surface area is 112 Å². The summed E-state index contributed by atoms with van der Waals surface area (Å²) in [6.45, 7) is 3.17. The molecule has 0 spiro atoms. The molecule has 19 heavy (non-hydrogen) atoms. The van der Waals surface area contributed by atoms with Gasteiger partial charge >= 0.3 is 6.61 Å². The lowest BCUT2D eigenvalue weighted by Gasteiger charge is -2.24. The molecule has 108 valence electrons. The van der Waals surface area contributed by atoms with Gasteiger partial charge in [-0.15, -0.1) is 0 Å². The van der Waals surface area contributed by atoms with Crippen molar-refractivity contribution in [3.8, 4) is 5.75 Å². The molecule has 0 aliphatic carbocycles. The number of halogens is 2. The molecule has 1 aromatic rings. The van der Waals surface area contributed by atoms with Crippen LogP contribution in [-0.2, 0) is 0 Å². The highest BCUT2D eigenvalue weighted by atomic mass is 19.3. The van der Waals surface area contributed by atoms with Crippen LogP contribution < -0.4 is 10.1 Å². The third kappa shape index (κ3) is 5.12. The van der Waals surface area contributed by atoms with E-state index in [4.69, 9.17) is 5.11 Å². The minimum absolute atomic E-state index is 0.00905. The van der Waals surface area contributed by atoms with E-state index in [-0.39, 0.29) is 30.4 Å². The second kappa shape index (κ2) is 7.40. The molecule has 3 nitrogen and oxygen atoms in total. The summed E-state index contributed by atoms with van der Waals surface area (Å²) in [6.07, 6.45) is 0. The van der Waals surface area contributed by atoms with Gasteiger partial charge in [0, 0.05) is 18.7 Å². The molecule has 2 N–H and O–H groups in total. The number of alkyl halides is 2. The van der Waals surface area contributed by atoms with Crippen LogP contribution >= 0.6 is 0 Å². The second-order valence-electron chi connectivity index (χ2n) is 4.79. The second-order valence-corrected chi connectivity index (χ2v) is 4.79. The van der Waals surface area contributed by atoms with Gasteiger partial charge in [0.05, 0.1) is 0 Å². The van der Waals surface area contributed by atoms with Gasteiger partial charge in [-0.05, 0) is 37.5 Å². The van der Waals surface area contributed by atoms with E-state index in [9.17, 15) is 8.78 Å². The molecular weight excluding hydrogens is 252 g/mol. The van der Waals surface area contributed by atoms with Crippen LogP contribution in [0.25, 0.3) is 0 Å². The fourth-order valence-corrected chi connectivity index (χ4v) is 1.77. The molecule has 0 amide bonds. The minimum Gasteiger partial charge on any atom is -0.435 e. The summed E-state index contributed by atoms with van der Waals surface area (Å²) in [5.41, 5.74) is 0.870. The van der Waals surface area contributed by atoms with Crippen LogP contribution in [0, 0.1) is 5.92 Å². The average molecular weight is 273 g/mol. The number of hydrogen-bond donors (Lipinski definition) is 2. The third-order valence-corrected chi connectivity index (χ3v) is 3.24. The molecule has 0 saturated heterocycles. The molecule has 0 heterocycles. The lowest BCUT2D eigenvalue weighted by molar-refractivity contribution is -0.0499. The molecule has 5 heteroatoms. The van der Waals surface area contributed by atoms with E-state index >= 15 is 0 Å². The summed E-state index contributed by atoms with van der Waals surface area (Å²) in [5, 5.41) is 12.4. The zero-order valence-corrected chi connectivity index (χ0v) is 11.4. The Bertz CT molecular complexity index is 387. The average Bonchev–Trinajstić information content (AvgIpc) is 2.37. The molecule has 0 aliphatic rings. The van der Waals surface area contributed by atoms with Crippen LogP contribution in [0.4, 0.5) is 8.78 Å². The number of aliphatic hydroxyl groups is 1. The van der Waals surface area contributed by atoms with E-state index < -0.39 is 6.61 Å². The Hall–Kier alpha value is -1.20. The van der Waals surface area contributed by atoms with Crippen molar-refractivity contribution in [2.75, 3.05) is 6.61 Å². The molecule has 0 bridgehead atoms. The smallest absolute Gasteiger partial charge is 0.387 e. The van der Waals surface area contributed by atoms with Gasteiger partial charge in [0.25, 0.3) is 0 Å². The number of aliphatic hydroxyl groups excluding tert-OH is 1. The molecule has 1 aromatic carbocycles. The summed E-state index contributed by atoms with van der Waals surface area (Å²) in [5.74, 6) is 0.284. The zero-order valence-electron chi connectivity index (χ0n) is 11.4.